The summed E-state index contributed by atoms with van der Waals surface area (Å²) in [6, 6.07) is -0.748. The van der Waals surface area contributed by atoms with Gasteiger partial charge in [-0.3, -0.25) is 0 Å². The molecule has 1 atom stereocenters. The summed E-state index contributed by atoms with van der Waals surface area (Å²) >= 11 is 0. The summed E-state index contributed by atoms with van der Waals surface area (Å²) in [5.41, 5.74) is -1.05. The van der Waals surface area contributed by atoms with E-state index in [0.29, 0.717) is 0 Å². The maximum absolute atomic E-state index is 12.0. The van der Waals surface area contributed by atoms with Gasteiger partial charge < -0.3 is 14.8 Å². The first kappa shape index (κ1) is 16.5. The van der Waals surface area contributed by atoms with Crippen molar-refractivity contribution >= 4 is 12.1 Å². The van der Waals surface area contributed by atoms with E-state index in [1.165, 1.54) is 7.11 Å². The van der Waals surface area contributed by atoms with Crippen molar-refractivity contribution in [2.75, 3.05) is 7.11 Å². The Morgan fingerprint density at radius 1 is 1.30 bits per heavy atom. The Labute approximate surface area is 120 Å². The lowest BCUT2D eigenvalue weighted by Gasteiger charge is -2.33. The van der Waals surface area contributed by atoms with Gasteiger partial charge in [-0.25, -0.2) is 9.59 Å². The van der Waals surface area contributed by atoms with E-state index in [4.69, 9.17) is 9.47 Å². The molecule has 1 fully saturated rings. The first-order chi connectivity index (χ1) is 9.24. The van der Waals surface area contributed by atoms with E-state index in [9.17, 15) is 9.59 Å². The topological polar surface area (TPSA) is 64.6 Å². The van der Waals surface area contributed by atoms with Crippen LogP contribution in [-0.4, -0.2) is 30.8 Å². The zero-order chi connectivity index (χ0) is 15.4. The van der Waals surface area contributed by atoms with Crippen LogP contribution in [0.1, 0.15) is 46.5 Å². The lowest BCUT2D eigenvalue weighted by atomic mass is 9.78. The van der Waals surface area contributed by atoms with E-state index >= 15 is 0 Å². The molecule has 0 aromatic rings. The molecule has 0 aromatic carbocycles. The van der Waals surface area contributed by atoms with Crippen LogP contribution < -0.4 is 5.32 Å². The van der Waals surface area contributed by atoms with Crippen LogP contribution in [0.4, 0.5) is 4.79 Å². The summed E-state index contributed by atoms with van der Waals surface area (Å²) in [4.78, 5) is 24.0. The largest absolute Gasteiger partial charge is 0.467 e. The van der Waals surface area contributed by atoms with Gasteiger partial charge in [0.2, 0.25) is 0 Å². The summed E-state index contributed by atoms with van der Waals surface area (Å²) in [5, 5.41) is 2.65. The lowest BCUT2D eigenvalue weighted by molar-refractivity contribution is -0.146. The molecule has 0 spiro atoms. The highest BCUT2D eigenvalue weighted by Crippen LogP contribution is 2.42. The first-order valence-corrected chi connectivity index (χ1v) is 6.95. The van der Waals surface area contributed by atoms with Gasteiger partial charge in [0.15, 0.2) is 0 Å². The molecule has 1 N–H and O–H groups in total. The molecule has 114 valence electrons. The molecular weight excluding hydrogens is 258 g/mol. The quantitative estimate of drug-likeness (QED) is 0.636. The fourth-order valence-corrected chi connectivity index (χ4v) is 2.62. The Hall–Kier alpha value is -1.52. The summed E-state index contributed by atoms with van der Waals surface area (Å²) in [6.45, 7) is 9.16. The van der Waals surface area contributed by atoms with E-state index in [1.807, 2.05) is 0 Å². The second kappa shape index (κ2) is 6.29. The normalized spacial score (nSPS) is 19.0. The van der Waals surface area contributed by atoms with Crippen molar-refractivity contribution in [3.05, 3.63) is 12.7 Å². The molecule has 1 rings (SSSR count). The van der Waals surface area contributed by atoms with Gasteiger partial charge in [0.05, 0.1) is 7.11 Å². The number of hydrogen-bond acceptors (Lipinski definition) is 4. The van der Waals surface area contributed by atoms with Crippen molar-refractivity contribution in [3.63, 3.8) is 0 Å². The molecule has 1 amide bonds. The van der Waals surface area contributed by atoms with Crippen LogP contribution >= 0.6 is 0 Å². The summed E-state index contributed by atoms with van der Waals surface area (Å²) < 4.78 is 10.0. The molecule has 1 unspecified atom stereocenters. The molecule has 0 aromatic heterocycles. The van der Waals surface area contributed by atoms with Crippen molar-refractivity contribution in [1.29, 1.82) is 0 Å². The number of methoxy groups -OCH3 is 1. The molecule has 1 aliphatic carbocycles. The Balaban J connectivity index is 2.88. The van der Waals surface area contributed by atoms with Crippen molar-refractivity contribution < 1.29 is 19.1 Å². The van der Waals surface area contributed by atoms with Crippen molar-refractivity contribution in [2.24, 2.45) is 5.41 Å². The third-order valence-electron chi connectivity index (χ3n) is 3.61. The molecule has 1 saturated carbocycles. The highest BCUT2D eigenvalue weighted by Gasteiger charge is 2.45. The van der Waals surface area contributed by atoms with Gasteiger partial charge in [-0.15, -0.1) is 6.58 Å². The number of nitrogens with one attached hydrogen (secondary N) is 1. The van der Waals surface area contributed by atoms with Crippen LogP contribution in [-0.2, 0) is 14.3 Å². The summed E-state index contributed by atoms with van der Waals surface area (Å²) in [7, 11) is 1.32. The van der Waals surface area contributed by atoms with Crippen LogP contribution in [0.25, 0.3) is 0 Å². The number of carbonyl (C=O) groups is 2. The zero-order valence-corrected chi connectivity index (χ0v) is 12.8. The van der Waals surface area contributed by atoms with Crippen LogP contribution in [0.15, 0.2) is 12.7 Å². The van der Waals surface area contributed by atoms with Gasteiger partial charge in [-0.2, -0.15) is 0 Å². The minimum absolute atomic E-state index is 0.440. The van der Waals surface area contributed by atoms with Gasteiger partial charge in [0.1, 0.15) is 11.6 Å². The predicted octanol–water partition coefficient (Wildman–Crippen LogP) is 2.80. The summed E-state index contributed by atoms with van der Waals surface area (Å²) in [5.74, 6) is -0.461. The van der Waals surface area contributed by atoms with Gasteiger partial charge >= 0.3 is 12.1 Å². The third-order valence-corrected chi connectivity index (χ3v) is 3.61. The SMILES string of the molecule is C=CC1(C(NC(=O)OC(C)(C)C)C(=O)OC)CCCC1. The molecule has 20 heavy (non-hydrogen) atoms. The average Bonchev–Trinajstić information content (AvgIpc) is 2.82. The monoisotopic (exact) mass is 283 g/mol. The van der Waals surface area contributed by atoms with Gasteiger partial charge in [-0.1, -0.05) is 18.9 Å². The van der Waals surface area contributed by atoms with Crippen molar-refractivity contribution in [1.82, 2.24) is 5.32 Å². The standard InChI is InChI=1S/C15H25NO4/c1-6-15(9-7-8-10-15)11(12(17)19-5)16-13(18)20-14(2,3)4/h6,11H,1,7-10H2,2-5H3,(H,16,18). The minimum Gasteiger partial charge on any atom is -0.467 e. The number of hydrogen-bond donors (Lipinski definition) is 1. The Morgan fingerprint density at radius 2 is 1.85 bits per heavy atom. The number of alkyl carbamates (subject to hydrolysis) is 1. The first-order valence-electron chi connectivity index (χ1n) is 6.95. The number of carbonyl (C=O) groups excluding carboxylic acids is 2. The highest BCUT2D eigenvalue weighted by atomic mass is 16.6. The zero-order valence-electron chi connectivity index (χ0n) is 12.8. The smallest absolute Gasteiger partial charge is 0.408 e. The number of esters is 1. The maximum atomic E-state index is 12.0. The van der Waals surface area contributed by atoms with Crippen LogP contribution in [0.5, 0.6) is 0 Å². The van der Waals surface area contributed by atoms with Crippen LogP contribution in [0.2, 0.25) is 0 Å². The lowest BCUT2D eigenvalue weighted by Crippen LogP contribution is -2.52. The van der Waals surface area contributed by atoms with E-state index in [0.717, 1.165) is 25.7 Å². The van der Waals surface area contributed by atoms with Crippen LogP contribution in [0, 0.1) is 5.41 Å². The highest BCUT2D eigenvalue weighted by molar-refractivity contribution is 5.82. The molecule has 0 bridgehead atoms. The molecule has 0 heterocycles. The third kappa shape index (κ3) is 3.99. The van der Waals surface area contributed by atoms with E-state index in [-0.39, 0.29) is 0 Å². The van der Waals surface area contributed by atoms with Crippen molar-refractivity contribution in [3.8, 4) is 0 Å². The Kier molecular flexibility index (Phi) is 5.20. The maximum Gasteiger partial charge on any atom is 0.408 e. The van der Waals surface area contributed by atoms with E-state index in [1.54, 1.807) is 26.8 Å². The van der Waals surface area contributed by atoms with Gasteiger partial charge in [0.25, 0.3) is 0 Å². The van der Waals surface area contributed by atoms with Crippen molar-refractivity contribution in [2.45, 2.75) is 58.1 Å². The second-order valence-electron chi connectivity index (χ2n) is 6.25. The number of amides is 1. The molecular formula is C15H25NO4. The number of ether oxygens (including phenoxy) is 2. The average molecular weight is 283 g/mol. The minimum atomic E-state index is -0.748. The van der Waals surface area contributed by atoms with Gasteiger partial charge in [0, 0.05) is 5.41 Å². The second-order valence-corrected chi connectivity index (χ2v) is 6.25. The van der Waals surface area contributed by atoms with Gasteiger partial charge in [-0.05, 0) is 33.6 Å². The number of rotatable bonds is 4. The van der Waals surface area contributed by atoms with E-state index < -0.39 is 29.1 Å². The molecule has 1 aliphatic rings. The predicted molar refractivity (Wildman–Crippen MR) is 76.3 cm³/mol. The Morgan fingerprint density at radius 3 is 2.25 bits per heavy atom. The molecule has 0 saturated heterocycles. The molecule has 5 heteroatoms. The Bertz CT molecular complexity index is 378. The van der Waals surface area contributed by atoms with Crippen LogP contribution in [0.3, 0.4) is 0 Å². The molecule has 5 nitrogen and oxygen atoms in total. The fourth-order valence-electron chi connectivity index (χ4n) is 2.62. The fraction of sp³-hybridized carbons (Fsp3) is 0.733. The molecule has 0 aliphatic heterocycles. The van der Waals surface area contributed by atoms with E-state index in [2.05, 4.69) is 11.9 Å². The molecule has 0 radical (unpaired) electrons. The summed E-state index contributed by atoms with van der Waals surface area (Å²) in [6.07, 6.45) is 4.79.